The van der Waals surface area contributed by atoms with Crippen molar-refractivity contribution in [1.29, 1.82) is 0 Å². The zero-order valence-corrected chi connectivity index (χ0v) is 21.9. The summed E-state index contributed by atoms with van der Waals surface area (Å²) in [4.78, 5) is 41.3. The zero-order chi connectivity index (χ0) is 25.0. The quantitative estimate of drug-likeness (QED) is 0.444. The highest BCUT2D eigenvalue weighted by atomic mass is 32.2. The molecule has 35 heavy (non-hydrogen) atoms. The standard InChI is InChI=1S/C27H40N2O5S/c1-33-24-16-10-9-15-22(24)26(31)28-23(17-18-35-2)27(32)34-19-25(30)29(20-11-5-3-6-12-20)21-13-7-4-8-14-21/h9-10,15-16,20-21,23H,3-8,11-14,17-19H2,1-2H3,(H,28,31)/t23-/m1/s1. The number of thioether (sulfide) groups is 1. The molecule has 0 unspecified atom stereocenters. The normalized spacial score (nSPS) is 17.9. The summed E-state index contributed by atoms with van der Waals surface area (Å²) in [6, 6.07) is 6.55. The van der Waals surface area contributed by atoms with Crippen molar-refractivity contribution < 1.29 is 23.9 Å². The summed E-state index contributed by atoms with van der Waals surface area (Å²) >= 11 is 1.59. The van der Waals surface area contributed by atoms with Gasteiger partial charge in [0.15, 0.2) is 6.61 Å². The Morgan fingerprint density at radius 2 is 1.60 bits per heavy atom. The van der Waals surface area contributed by atoms with E-state index in [2.05, 4.69) is 10.2 Å². The second-order valence-electron chi connectivity index (χ2n) is 9.50. The van der Waals surface area contributed by atoms with Crippen molar-refractivity contribution in [2.24, 2.45) is 0 Å². The Labute approximate surface area is 213 Å². The molecule has 0 heterocycles. The number of esters is 1. The third-order valence-corrected chi connectivity index (χ3v) is 7.76. The fourth-order valence-electron chi connectivity index (χ4n) is 5.28. The lowest BCUT2D eigenvalue weighted by Gasteiger charge is -2.41. The van der Waals surface area contributed by atoms with E-state index < -0.39 is 17.9 Å². The topological polar surface area (TPSA) is 84.9 Å². The molecule has 194 valence electrons. The largest absolute Gasteiger partial charge is 0.496 e. The number of para-hydroxylation sites is 1. The van der Waals surface area contributed by atoms with E-state index in [-0.39, 0.29) is 24.6 Å². The first-order valence-corrected chi connectivity index (χ1v) is 14.3. The fraction of sp³-hybridized carbons (Fsp3) is 0.667. The molecule has 7 nitrogen and oxygen atoms in total. The van der Waals surface area contributed by atoms with Crippen molar-refractivity contribution in [3.63, 3.8) is 0 Å². The van der Waals surface area contributed by atoms with Crippen molar-refractivity contribution in [2.45, 2.75) is 88.8 Å². The fourth-order valence-corrected chi connectivity index (χ4v) is 5.76. The highest BCUT2D eigenvalue weighted by molar-refractivity contribution is 7.98. The Hall–Kier alpha value is -2.22. The molecule has 0 aromatic heterocycles. The predicted octanol–water partition coefficient (Wildman–Crippen LogP) is 4.58. The molecule has 2 fully saturated rings. The van der Waals surface area contributed by atoms with Crippen LogP contribution in [0.15, 0.2) is 24.3 Å². The number of carbonyl (C=O) groups excluding carboxylic acids is 3. The highest BCUT2D eigenvalue weighted by Gasteiger charge is 2.33. The Morgan fingerprint density at radius 1 is 1.00 bits per heavy atom. The molecule has 1 aromatic carbocycles. The molecule has 1 N–H and O–H groups in total. The third kappa shape index (κ3) is 7.89. The monoisotopic (exact) mass is 504 g/mol. The molecule has 0 bridgehead atoms. The van der Waals surface area contributed by atoms with Crippen molar-refractivity contribution in [1.82, 2.24) is 10.2 Å². The van der Waals surface area contributed by atoms with E-state index in [4.69, 9.17) is 9.47 Å². The molecule has 2 amide bonds. The summed E-state index contributed by atoms with van der Waals surface area (Å²) in [5, 5.41) is 2.79. The number of hydrogen-bond donors (Lipinski definition) is 1. The van der Waals surface area contributed by atoms with E-state index in [9.17, 15) is 14.4 Å². The average molecular weight is 505 g/mol. The number of nitrogens with one attached hydrogen (secondary N) is 1. The molecule has 0 spiro atoms. The second-order valence-corrected chi connectivity index (χ2v) is 10.5. The Morgan fingerprint density at radius 3 is 2.17 bits per heavy atom. The molecule has 0 radical (unpaired) electrons. The summed E-state index contributed by atoms with van der Waals surface area (Å²) in [6.07, 6.45) is 13.5. The van der Waals surface area contributed by atoms with Gasteiger partial charge in [-0.2, -0.15) is 11.8 Å². The van der Waals surface area contributed by atoms with Gasteiger partial charge in [-0.1, -0.05) is 50.7 Å². The smallest absolute Gasteiger partial charge is 0.329 e. The average Bonchev–Trinajstić information content (AvgIpc) is 2.90. The van der Waals surface area contributed by atoms with Crippen LogP contribution in [0, 0.1) is 0 Å². The lowest BCUT2D eigenvalue weighted by atomic mass is 9.88. The number of methoxy groups -OCH3 is 1. The molecule has 0 saturated heterocycles. The van der Waals surface area contributed by atoms with Crippen LogP contribution in [0.2, 0.25) is 0 Å². The van der Waals surface area contributed by atoms with Gasteiger partial charge in [-0.3, -0.25) is 9.59 Å². The molecule has 2 aliphatic rings. The first-order valence-electron chi connectivity index (χ1n) is 13.0. The van der Waals surface area contributed by atoms with Crippen LogP contribution >= 0.6 is 11.8 Å². The highest BCUT2D eigenvalue weighted by Crippen LogP contribution is 2.30. The minimum Gasteiger partial charge on any atom is -0.496 e. The molecule has 8 heteroatoms. The van der Waals surface area contributed by atoms with E-state index in [0.717, 1.165) is 51.4 Å². The summed E-state index contributed by atoms with van der Waals surface area (Å²) in [7, 11) is 1.50. The molecule has 2 saturated carbocycles. The number of hydrogen-bond acceptors (Lipinski definition) is 6. The van der Waals surface area contributed by atoms with Gasteiger partial charge in [-0.25, -0.2) is 4.79 Å². The van der Waals surface area contributed by atoms with Crippen LogP contribution in [-0.2, 0) is 14.3 Å². The maximum absolute atomic E-state index is 13.4. The van der Waals surface area contributed by atoms with E-state index in [1.807, 2.05) is 6.26 Å². The van der Waals surface area contributed by atoms with Gasteiger partial charge in [-0.05, 0) is 56.2 Å². The Bertz CT molecular complexity index is 819. The van der Waals surface area contributed by atoms with Gasteiger partial charge in [0, 0.05) is 12.1 Å². The van der Waals surface area contributed by atoms with Crippen LogP contribution in [0.1, 0.15) is 81.0 Å². The van der Waals surface area contributed by atoms with Gasteiger partial charge in [-0.15, -0.1) is 0 Å². The van der Waals surface area contributed by atoms with Crippen molar-refractivity contribution >= 4 is 29.5 Å². The van der Waals surface area contributed by atoms with Gasteiger partial charge in [0.2, 0.25) is 0 Å². The van der Waals surface area contributed by atoms with Crippen LogP contribution in [0.25, 0.3) is 0 Å². The number of nitrogens with zero attached hydrogens (tertiary/aromatic N) is 1. The van der Waals surface area contributed by atoms with Crippen molar-refractivity contribution in [3.8, 4) is 5.75 Å². The molecule has 0 aliphatic heterocycles. The zero-order valence-electron chi connectivity index (χ0n) is 21.1. The molecule has 1 atom stereocenters. The molecule has 3 rings (SSSR count). The van der Waals surface area contributed by atoms with E-state index in [1.165, 1.54) is 20.0 Å². The molecular formula is C27H40N2O5S. The SMILES string of the molecule is COc1ccccc1C(=O)N[C@H](CCSC)C(=O)OCC(=O)N(C1CCCCC1)C1CCCCC1. The number of rotatable bonds is 11. The van der Waals surface area contributed by atoms with Gasteiger partial charge in [0.1, 0.15) is 11.8 Å². The first kappa shape index (κ1) is 27.4. The van der Waals surface area contributed by atoms with Crippen LogP contribution < -0.4 is 10.1 Å². The summed E-state index contributed by atoms with van der Waals surface area (Å²) in [6.45, 7) is -0.272. The molecular weight excluding hydrogens is 464 g/mol. The van der Waals surface area contributed by atoms with Gasteiger partial charge in [0.25, 0.3) is 11.8 Å². The van der Waals surface area contributed by atoms with Gasteiger partial charge < -0.3 is 19.7 Å². The minimum absolute atomic E-state index is 0.100. The minimum atomic E-state index is -0.828. The van der Waals surface area contributed by atoms with E-state index >= 15 is 0 Å². The van der Waals surface area contributed by atoms with Crippen molar-refractivity contribution in [2.75, 3.05) is 25.7 Å². The lowest BCUT2D eigenvalue weighted by Crippen LogP contribution is -2.51. The second kappa shape index (κ2) is 14.4. The summed E-state index contributed by atoms with van der Waals surface area (Å²) < 4.78 is 10.8. The van der Waals surface area contributed by atoms with Crippen LogP contribution in [0.5, 0.6) is 5.75 Å². The Kier molecular flexibility index (Phi) is 11.2. The number of carbonyl (C=O) groups is 3. The molecule has 2 aliphatic carbocycles. The predicted molar refractivity (Wildman–Crippen MR) is 139 cm³/mol. The number of amides is 2. The van der Waals surface area contributed by atoms with E-state index in [1.54, 1.807) is 36.0 Å². The van der Waals surface area contributed by atoms with Crippen LogP contribution in [-0.4, -0.2) is 66.5 Å². The lowest BCUT2D eigenvalue weighted by molar-refractivity contribution is -0.156. The Balaban J connectivity index is 1.64. The maximum atomic E-state index is 13.4. The van der Waals surface area contributed by atoms with Gasteiger partial charge in [0.05, 0.1) is 12.7 Å². The number of benzene rings is 1. The van der Waals surface area contributed by atoms with Crippen molar-refractivity contribution in [3.05, 3.63) is 29.8 Å². The van der Waals surface area contributed by atoms with Crippen LogP contribution in [0.4, 0.5) is 0 Å². The van der Waals surface area contributed by atoms with E-state index in [0.29, 0.717) is 23.5 Å². The first-order chi connectivity index (χ1) is 17.0. The third-order valence-electron chi connectivity index (χ3n) is 7.11. The maximum Gasteiger partial charge on any atom is 0.329 e. The van der Waals surface area contributed by atoms with Gasteiger partial charge >= 0.3 is 5.97 Å². The van der Waals surface area contributed by atoms with Crippen LogP contribution in [0.3, 0.4) is 0 Å². The molecule has 1 aromatic rings. The number of ether oxygens (including phenoxy) is 2. The summed E-state index contributed by atoms with van der Waals surface area (Å²) in [5.74, 6) is 0.0475. The summed E-state index contributed by atoms with van der Waals surface area (Å²) in [5.41, 5.74) is 0.355.